The van der Waals surface area contributed by atoms with Gasteiger partial charge in [0, 0.05) is 22.3 Å². The summed E-state index contributed by atoms with van der Waals surface area (Å²) in [6.45, 7) is -0.579. The molecule has 2 aromatic rings. The van der Waals surface area contributed by atoms with Crippen molar-refractivity contribution in [1.29, 1.82) is 0 Å². The first-order valence-electron chi connectivity index (χ1n) is 10.4. The molecular weight excluding hydrogens is 618 g/mol. The molecular formula is C21H22FIN2O8S2. The van der Waals surface area contributed by atoms with Crippen LogP contribution in [0.4, 0.5) is 20.6 Å². The molecule has 0 radical (unpaired) electrons. The Morgan fingerprint density at radius 2 is 2.09 bits per heavy atom. The Labute approximate surface area is 219 Å². The number of hydrogen-bond donors (Lipinski definition) is 1. The summed E-state index contributed by atoms with van der Waals surface area (Å²) in [6, 6.07) is 8.82. The number of amides is 1. The summed E-state index contributed by atoms with van der Waals surface area (Å²) in [5, 5.41) is 10.9. The lowest BCUT2D eigenvalue weighted by Gasteiger charge is -2.19. The summed E-state index contributed by atoms with van der Waals surface area (Å²) in [5.41, 5.74) is 0.342. The van der Waals surface area contributed by atoms with Gasteiger partial charge in [-0.1, -0.05) is 34.7 Å². The number of non-ortho nitro benzene ring substituents is 1. The predicted molar refractivity (Wildman–Crippen MR) is 136 cm³/mol. The van der Waals surface area contributed by atoms with Crippen molar-refractivity contribution in [2.75, 3.05) is 28.2 Å². The van der Waals surface area contributed by atoms with Crippen molar-refractivity contribution in [2.45, 2.75) is 29.8 Å². The van der Waals surface area contributed by atoms with E-state index in [1.165, 1.54) is 17.0 Å². The molecule has 1 heterocycles. The largest absolute Gasteiger partial charge is 0.441 e. The van der Waals surface area contributed by atoms with Crippen LogP contribution in [-0.4, -0.2) is 53.4 Å². The predicted octanol–water partition coefficient (Wildman–Crippen LogP) is 4.97. The van der Waals surface area contributed by atoms with Gasteiger partial charge in [0.15, 0.2) is 0 Å². The Morgan fingerprint density at radius 3 is 2.74 bits per heavy atom. The summed E-state index contributed by atoms with van der Waals surface area (Å²) in [4.78, 5) is 23.3. The number of rotatable bonds is 12. The van der Waals surface area contributed by atoms with E-state index in [-0.39, 0.29) is 18.2 Å². The molecule has 1 saturated heterocycles. The molecule has 2 aromatic carbocycles. The van der Waals surface area contributed by atoms with Crippen molar-refractivity contribution in [3.8, 4) is 0 Å². The van der Waals surface area contributed by atoms with Gasteiger partial charge in [-0.15, -0.1) is 0 Å². The summed E-state index contributed by atoms with van der Waals surface area (Å²) in [7, 11) is -4.33. The monoisotopic (exact) mass is 640 g/mol. The number of carbonyl (C=O) groups is 1. The highest BCUT2D eigenvalue weighted by molar-refractivity contribution is 14.1. The second-order valence-electron chi connectivity index (χ2n) is 7.61. The van der Waals surface area contributed by atoms with Gasteiger partial charge < -0.3 is 9.29 Å². The van der Waals surface area contributed by atoms with Crippen molar-refractivity contribution >= 4 is 62.2 Å². The molecule has 1 fully saturated rings. The van der Waals surface area contributed by atoms with Crippen LogP contribution in [0.1, 0.15) is 24.3 Å². The SMILES string of the molecule is O=C1OC(COS(=O)(=O)c2cccc([N+](=O)[O-])c2)CN1c1ccc(C(CCI)CCSO)c(F)c1. The summed E-state index contributed by atoms with van der Waals surface area (Å²) < 4.78 is 59.7. The van der Waals surface area contributed by atoms with Gasteiger partial charge in [0.25, 0.3) is 15.8 Å². The van der Waals surface area contributed by atoms with Gasteiger partial charge in [0.1, 0.15) is 23.4 Å². The van der Waals surface area contributed by atoms with E-state index in [4.69, 9.17) is 13.5 Å². The molecule has 1 aliphatic heterocycles. The third-order valence-corrected chi connectivity index (χ3v) is 7.67. The zero-order valence-corrected chi connectivity index (χ0v) is 22.0. The van der Waals surface area contributed by atoms with Gasteiger partial charge in [-0.2, -0.15) is 8.42 Å². The molecule has 0 bridgehead atoms. The van der Waals surface area contributed by atoms with Crippen LogP contribution in [0.2, 0.25) is 0 Å². The topological polar surface area (TPSA) is 136 Å². The molecule has 3 rings (SSSR count). The van der Waals surface area contributed by atoms with E-state index < -0.39 is 50.2 Å². The van der Waals surface area contributed by atoms with Crippen molar-refractivity contribution in [1.82, 2.24) is 0 Å². The maximum absolute atomic E-state index is 14.9. The highest BCUT2D eigenvalue weighted by Gasteiger charge is 2.34. The van der Waals surface area contributed by atoms with E-state index >= 15 is 0 Å². The zero-order valence-electron chi connectivity index (χ0n) is 18.2. The maximum atomic E-state index is 14.9. The molecule has 1 N–H and O–H groups in total. The van der Waals surface area contributed by atoms with Gasteiger partial charge in [0.05, 0.1) is 17.2 Å². The number of benzene rings is 2. The summed E-state index contributed by atoms with van der Waals surface area (Å²) >= 11 is 2.92. The first kappa shape index (κ1) is 27.6. The highest BCUT2D eigenvalue weighted by atomic mass is 127. The standard InChI is InChI=1S/C21H22FIN2O8S2/c22-20-11-15(4-5-19(20)14(6-8-23)7-9-34-29)24-12-17(33-21(24)26)13-32-35(30,31)18-3-1-2-16(10-18)25(27)28/h1-5,10-11,14,17,29H,6-9,12-13H2. The number of anilines is 1. The lowest BCUT2D eigenvalue weighted by atomic mass is 9.93. The van der Waals surface area contributed by atoms with Crippen molar-refractivity contribution < 1.29 is 36.0 Å². The fourth-order valence-electron chi connectivity index (χ4n) is 3.60. The lowest BCUT2D eigenvalue weighted by Crippen LogP contribution is -2.26. The molecule has 0 spiro atoms. The third kappa shape index (κ3) is 7.03. The van der Waals surface area contributed by atoms with Crippen LogP contribution >= 0.6 is 34.6 Å². The first-order chi connectivity index (χ1) is 16.7. The second kappa shape index (κ2) is 12.3. The molecule has 35 heavy (non-hydrogen) atoms. The quantitative estimate of drug-likeness (QED) is 0.0852. The molecule has 1 amide bonds. The number of halogens is 2. The number of cyclic esters (lactones) is 1. The van der Waals surface area contributed by atoms with Crippen LogP contribution in [0, 0.1) is 15.9 Å². The minimum atomic E-state index is -4.33. The highest BCUT2D eigenvalue weighted by Crippen LogP contribution is 2.32. The molecule has 0 aliphatic carbocycles. The Balaban J connectivity index is 1.67. The van der Waals surface area contributed by atoms with Gasteiger partial charge in [-0.25, -0.2) is 9.18 Å². The van der Waals surface area contributed by atoms with E-state index in [1.807, 2.05) is 0 Å². The average Bonchev–Trinajstić information content (AvgIpc) is 3.21. The van der Waals surface area contributed by atoms with Crippen LogP contribution in [0.3, 0.4) is 0 Å². The molecule has 190 valence electrons. The molecule has 0 saturated carbocycles. The zero-order chi connectivity index (χ0) is 25.6. The number of nitrogens with zero attached hydrogens (tertiary/aromatic N) is 2. The van der Waals surface area contributed by atoms with Gasteiger partial charge >= 0.3 is 6.09 Å². The van der Waals surface area contributed by atoms with Crippen LogP contribution in [0.15, 0.2) is 47.4 Å². The number of nitro benzene ring substituents is 1. The fraction of sp³-hybridized carbons (Fsp3) is 0.381. The molecule has 0 aromatic heterocycles. The van der Waals surface area contributed by atoms with Crippen LogP contribution < -0.4 is 4.90 Å². The van der Waals surface area contributed by atoms with Gasteiger partial charge in [-0.05, 0) is 54.6 Å². The maximum Gasteiger partial charge on any atom is 0.414 e. The lowest BCUT2D eigenvalue weighted by molar-refractivity contribution is -0.385. The number of nitro groups is 1. The minimum Gasteiger partial charge on any atom is -0.441 e. The van der Waals surface area contributed by atoms with Gasteiger partial charge in [-0.3, -0.25) is 19.2 Å². The fourth-order valence-corrected chi connectivity index (χ4v) is 5.72. The Hall–Kier alpha value is -2.01. The van der Waals surface area contributed by atoms with Gasteiger partial charge in [0.2, 0.25) is 0 Å². The minimum absolute atomic E-state index is 0.0690. The normalized spacial score (nSPS) is 16.8. The Kier molecular flexibility index (Phi) is 9.69. The molecule has 1 aliphatic rings. The number of carbonyl (C=O) groups excluding carboxylic acids is 1. The van der Waals surface area contributed by atoms with E-state index in [1.54, 1.807) is 12.1 Å². The number of ether oxygens (including phenoxy) is 1. The smallest absolute Gasteiger partial charge is 0.414 e. The summed E-state index contributed by atoms with van der Waals surface area (Å²) in [6.07, 6.45) is -0.391. The molecule has 14 heteroatoms. The summed E-state index contributed by atoms with van der Waals surface area (Å²) in [5.74, 6) is -0.0886. The second-order valence-corrected chi connectivity index (χ2v) is 11.0. The van der Waals surface area contributed by atoms with E-state index in [0.29, 0.717) is 29.8 Å². The first-order valence-corrected chi connectivity index (χ1v) is 14.3. The Morgan fingerprint density at radius 1 is 1.31 bits per heavy atom. The number of hydrogen-bond acceptors (Lipinski definition) is 9. The van der Waals surface area contributed by atoms with Crippen LogP contribution in [0.5, 0.6) is 0 Å². The van der Waals surface area contributed by atoms with E-state index in [0.717, 1.165) is 29.0 Å². The molecule has 2 unspecified atom stereocenters. The van der Waals surface area contributed by atoms with Crippen molar-refractivity contribution in [3.63, 3.8) is 0 Å². The third-order valence-electron chi connectivity index (χ3n) is 5.35. The van der Waals surface area contributed by atoms with E-state index in [9.17, 15) is 27.7 Å². The average molecular weight is 640 g/mol. The molecule has 10 nitrogen and oxygen atoms in total. The van der Waals surface area contributed by atoms with Crippen LogP contribution in [-0.2, 0) is 19.0 Å². The molecule has 2 atom stereocenters. The van der Waals surface area contributed by atoms with Crippen LogP contribution in [0.25, 0.3) is 0 Å². The number of alkyl halides is 1. The Bertz CT molecular complexity index is 1180. The van der Waals surface area contributed by atoms with E-state index in [2.05, 4.69) is 22.6 Å². The van der Waals surface area contributed by atoms with Crippen molar-refractivity contribution in [3.05, 3.63) is 64.0 Å². The van der Waals surface area contributed by atoms with Crippen molar-refractivity contribution in [2.24, 2.45) is 0 Å².